The third-order valence-electron chi connectivity index (χ3n) is 2.60. The molecule has 0 saturated carbocycles. The fourth-order valence-electron chi connectivity index (χ4n) is 1.70. The highest BCUT2D eigenvalue weighted by molar-refractivity contribution is 6.35. The number of benzene rings is 1. The molecule has 6 heteroatoms. The van der Waals surface area contributed by atoms with E-state index in [9.17, 15) is 4.79 Å². The zero-order valence-electron chi connectivity index (χ0n) is 9.40. The van der Waals surface area contributed by atoms with E-state index in [2.05, 4.69) is 10.3 Å². The smallest absolute Gasteiger partial charge is 0.221 e. The number of nitrogens with two attached hydrogens (primary N) is 1. The number of imidazole rings is 1. The third kappa shape index (κ3) is 2.19. The maximum absolute atomic E-state index is 11.2. The first-order valence-electron chi connectivity index (χ1n) is 5.24. The summed E-state index contributed by atoms with van der Waals surface area (Å²) < 4.78 is 1.79. The molecule has 0 bridgehead atoms. The van der Waals surface area contributed by atoms with Gasteiger partial charge < -0.3 is 15.6 Å². The number of hydrogen-bond donors (Lipinski definition) is 2. The summed E-state index contributed by atoms with van der Waals surface area (Å²) in [5, 5.41) is 3.13. The van der Waals surface area contributed by atoms with Crippen molar-refractivity contribution in [1.82, 2.24) is 14.9 Å². The molecule has 1 aromatic heterocycles. The fourth-order valence-corrected chi connectivity index (χ4v) is 1.92. The Balaban J connectivity index is 2.37. The van der Waals surface area contributed by atoms with E-state index in [-0.39, 0.29) is 5.91 Å². The van der Waals surface area contributed by atoms with E-state index in [4.69, 9.17) is 17.3 Å². The highest BCUT2D eigenvalue weighted by Crippen LogP contribution is 2.24. The van der Waals surface area contributed by atoms with Crippen LogP contribution in [-0.4, -0.2) is 22.5 Å². The van der Waals surface area contributed by atoms with Gasteiger partial charge in [-0.3, -0.25) is 4.79 Å². The van der Waals surface area contributed by atoms with Crippen LogP contribution < -0.4 is 11.1 Å². The van der Waals surface area contributed by atoms with Gasteiger partial charge in [0.25, 0.3) is 0 Å². The van der Waals surface area contributed by atoms with Crippen LogP contribution in [0, 0.1) is 0 Å². The molecule has 0 atom stereocenters. The maximum Gasteiger partial charge on any atom is 0.221 e. The minimum atomic E-state index is -0.0340. The molecule has 2 rings (SSSR count). The molecule has 0 saturated heterocycles. The van der Waals surface area contributed by atoms with Crippen molar-refractivity contribution in [3.05, 3.63) is 23.2 Å². The molecule has 90 valence electrons. The molecule has 0 fully saturated rings. The number of nitrogen functional groups attached to an aromatic ring is 1. The van der Waals surface area contributed by atoms with Gasteiger partial charge in [0.1, 0.15) is 5.52 Å². The van der Waals surface area contributed by atoms with Crippen LogP contribution in [0.25, 0.3) is 11.0 Å². The van der Waals surface area contributed by atoms with Gasteiger partial charge in [0, 0.05) is 20.0 Å². The van der Waals surface area contributed by atoms with Gasteiger partial charge in [0.15, 0.2) is 0 Å². The van der Waals surface area contributed by atoms with E-state index in [0.717, 1.165) is 5.52 Å². The Bertz CT molecular complexity index is 564. The summed E-state index contributed by atoms with van der Waals surface area (Å²) in [7, 11) is 1.61. The Hall–Kier alpha value is -1.75. The summed E-state index contributed by atoms with van der Waals surface area (Å²) in [5.74, 6) is 0.338. The second-order valence-electron chi connectivity index (χ2n) is 3.65. The summed E-state index contributed by atoms with van der Waals surface area (Å²) >= 11 is 6.02. The van der Waals surface area contributed by atoms with Gasteiger partial charge in [-0.2, -0.15) is 0 Å². The quantitative estimate of drug-likeness (QED) is 0.868. The molecule has 0 aliphatic rings. The zero-order valence-corrected chi connectivity index (χ0v) is 10.2. The molecule has 1 aromatic carbocycles. The highest BCUT2D eigenvalue weighted by atomic mass is 35.5. The zero-order chi connectivity index (χ0) is 12.4. The van der Waals surface area contributed by atoms with E-state index in [0.29, 0.717) is 29.5 Å². The minimum absolute atomic E-state index is 0.0340. The van der Waals surface area contributed by atoms with Gasteiger partial charge >= 0.3 is 0 Å². The van der Waals surface area contributed by atoms with Crippen LogP contribution in [0.1, 0.15) is 6.42 Å². The molecule has 1 heterocycles. The molecule has 5 nitrogen and oxygen atoms in total. The Kier molecular flexibility index (Phi) is 3.19. The number of hydrogen-bond acceptors (Lipinski definition) is 3. The number of rotatable bonds is 3. The molecule has 0 unspecified atom stereocenters. The fraction of sp³-hybridized carbons (Fsp3) is 0.273. The number of fused-ring (bicyclic) bond motifs is 1. The monoisotopic (exact) mass is 252 g/mol. The number of aryl methyl sites for hydroxylation is 1. The van der Waals surface area contributed by atoms with Crippen molar-refractivity contribution in [2.45, 2.75) is 13.0 Å². The van der Waals surface area contributed by atoms with Crippen LogP contribution in [0.15, 0.2) is 18.2 Å². The van der Waals surface area contributed by atoms with Gasteiger partial charge in [-0.1, -0.05) is 17.7 Å². The molecule has 2 aromatic rings. The number of aromatic nitrogens is 2. The van der Waals surface area contributed by atoms with Crippen molar-refractivity contribution in [1.29, 1.82) is 0 Å². The van der Waals surface area contributed by atoms with E-state index < -0.39 is 0 Å². The van der Waals surface area contributed by atoms with E-state index in [1.165, 1.54) is 0 Å². The average molecular weight is 253 g/mol. The lowest BCUT2D eigenvalue weighted by Gasteiger charge is -2.05. The number of halogens is 1. The van der Waals surface area contributed by atoms with Crippen LogP contribution >= 0.6 is 11.6 Å². The predicted molar refractivity (Wildman–Crippen MR) is 67.8 cm³/mol. The van der Waals surface area contributed by atoms with Crippen molar-refractivity contribution in [3.63, 3.8) is 0 Å². The Labute approximate surface area is 104 Å². The van der Waals surface area contributed by atoms with E-state index in [1.807, 2.05) is 12.1 Å². The lowest BCUT2D eigenvalue weighted by Crippen LogP contribution is -2.19. The van der Waals surface area contributed by atoms with Crippen LogP contribution in [0.3, 0.4) is 0 Å². The van der Waals surface area contributed by atoms with Crippen molar-refractivity contribution in [3.8, 4) is 0 Å². The number of para-hydroxylation sites is 1. The standard InChI is InChI=1S/C11H13ClN4O/c1-14-9(17)5-6-16-8-4-2-3-7(12)10(8)15-11(16)13/h2-4H,5-6H2,1H3,(H2,13,15)(H,14,17). The number of amides is 1. The largest absolute Gasteiger partial charge is 0.369 e. The molecule has 0 aliphatic heterocycles. The number of anilines is 1. The Morgan fingerprint density at radius 3 is 3.06 bits per heavy atom. The molecule has 0 spiro atoms. The Morgan fingerprint density at radius 2 is 2.35 bits per heavy atom. The Morgan fingerprint density at radius 1 is 1.59 bits per heavy atom. The topological polar surface area (TPSA) is 72.9 Å². The number of nitrogens with one attached hydrogen (secondary N) is 1. The number of carbonyl (C=O) groups excluding carboxylic acids is 1. The lowest BCUT2D eigenvalue weighted by molar-refractivity contribution is -0.120. The van der Waals surface area contributed by atoms with Crippen molar-refractivity contribution >= 4 is 34.5 Å². The lowest BCUT2D eigenvalue weighted by atomic mass is 10.3. The van der Waals surface area contributed by atoms with Crippen molar-refractivity contribution < 1.29 is 4.79 Å². The first kappa shape index (κ1) is 11.7. The summed E-state index contributed by atoms with van der Waals surface area (Å²) in [6, 6.07) is 5.48. The minimum Gasteiger partial charge on any atom is -0.369 e. The number of nitrogens with zero attached hydrogens (tertiary/aromatic N) is 2. The molecule has 3 N–H and O–H groups in total. The molecule has 1 amide bonds. The van der Waals surface area contributed by atoms with Gasteiger partial charge in [-0.25, -0.2) is 4.98 Å². The van der Waals surface area contributed by atoms with Gasteiger partial charge in [-0.15, -0.1) is 0 Å². The predicted octanol–water partition coefficient (Wildman–Crippen LogP) is 1.41. The molecular formula is C11H13ClN4O. The second-order valence-corrected chi connectivity index (χ2v) is 4.06. The molecule has 0 aliphatic carbocycles. The van der Waals surface area contributed by atoms with Crippen LogP contribution in [0.5, 0.6) is 0 Å². The van der Waals surface area contributed by atoms with Crippen molar-refractivity contribution in [2.75, 3.05) is 12.8 Å². The SMILES string of the molecule is CNC(=O)CCn1c(N)nc2c(Cl)cccc21. The maximum atomic E-state index is 11.2. The first-order chi connectivity index (χ1) is 8.13. The normalized spacial score (nSPS) is 10.7. The van der Waals surface area contributed by atoms with Crippen LogP contribution in [0.2, 0.25) is 5.02 Å². The highest BCUT2D eigenvalue weighted by Gasteiger charge is 2.11. The van der Waals surface area contributed by atoms with E-state index >= 15 is 0 Å². The number of carbonyl (C=O) groups is 1. The van der Waals surface area contributed by atoms with Crippen LogP contribution in [-0.2, 0) is 11.3 Å². The molecular weight excluding hydrogens is 240 g/mol. The summed E-state index contributed by atoms with van der Waals surface area (Å²) in [5.41, 5.74) is 7.33. The second kappa shape index (κ2) is 4.63. The molecule has 17 heavy (non-hydrogen) atoms. The van der Waals surface area contributed by atoms with Crippen LogP contribution in [0.4, 0.5) is 5.95 Å². The van der Waals surface area contributed by atoms with E-state index in [1.54, 1.807) is 17.7 Å². The van der Waals surface area contributed by atoms with Gasteiger partial charge in [0.2, 0.25) is 11.9 Å². The third-order valence-corrected chi connectivity index (χ3v) is 2.91. The summed E-state index contributed by atoms with van der Waals surface area (Å²) in [6.07, 6.45) is 0.360. The summed E-state index contributed by atoms with van der Waals surface area (Å²) in [6.45, 7) is 0.488. The average Bonchev–Trinajstić information content (AvgIpc) is 2.64. The molecule has 0 radical (unpaired) electrons. The van der Waals surface area contributed by atoms with Crippen molar-refractivity contribution in [2.24, 2.45) is 0 Å². The van der Waals surface area contributed by atoms with Gasteiger partial charge in [-0.05, 0) is 12.1 Å². The van der Waals surface area contributed by atoms with Gasteiger partial charge in [0.05, 0.1) is 10.5 Å². The summed E-state index contributed by atoms with van der Waals surface area (Å²) in [4.78, 5) is 15.4. The first-order valence-corrected chi connectivity index (χ1v) is 5.62.